The minimum absolute atomic E-state index is 0.184. The number of rotatable bonds is 2. The van der Waals surface area contributed by atoms with Crippen molar-refractivity contribution in [3.8, 4) is 6.07 Å². The molecule has 2 saturated heterocycles. The largest absolute Gasteiger partial charge is 0.378 e. The van der Waals surface area contributed by atoms with E-state index in [4.69, 9.17) is 9.72 Å². The molecule has 1 aliphatic carbocycles. The summed E-state index contributed by atoms with van der Waals surface area (Å²) in [6.45, 7) is 4.75. The number of anilines is 2. The van der Waals surface area contributed by atoms with Gasteiger partial charge >= 0.3 is 0 Å². The number of fused-ring (bicyclic) bond motifs is 1. The van der Waals surface area contributed by atoms with Crippen molar-refractivity contribution in [2.45, 2.75) is 32.1 Å². The third kappa shape index (κ3) is 2.83. The Balaban J connectivity index is 1.58. The lowest BCUT2D eigenvalue weighted by molar-refractivity contribution is 0.0955. The summed E-state index contributed by atoms with van der Waals surface area (Å²) >= 11 is 0. The van der Waals surface area contributed by atoms with E-state index in [9.17, 15) is 10.1 Å². The van der Waals surface area contributed by atoms with Crippen LogP contribution in [0.1, 0.15) is 37.7 Å². The van der Waals surface area contributed by atoms with Gasteiger partial charge in [-0.1, -0.05) is 6.42 Å². The molecule has 1 saturated carbocycles. The molecule has 3 fully saturated rings. The summed E-state index contributed by atoms with van der Waals surface area (Å²) in [6, 6.07) is 6.00. The Hall–Kier alpha value is -2.59. The predicted molar refractivity (Wildman–Crippen MR) is 108 cm³/mol. The Morgan fingerprint density at radius 3 is 2.46 bits per heavy atom. The van der Waals surface area contributed by atoms with Crippen molar-refractivity contribution in [2.75, 3.05) is 49.2 Å². The first kappa shape index (κ1) is 17.5. The summed E-state index contributed by atoms with van der Waals surface area (Å²) in [4.78, 5) is 24.7. The van der Waals surface area contributed by atoms with Crippen LogP contribution in [0.25, 0.3) is 11.0 Å². The molecule has 0 unspecified atom stereocenters. The zero-order valence-electron chi connectivity index (χ0n) is 16.0. The van der Waals surface area contributed by atoms with E-state index >= 15 is 0 Å². The fourth-order valence-electron chi connectivity index (χ4n) is 4.90. The standard InChI is InChI=1S/C21H25N5O2/c22-14-15-19(26-8-6-21(7-9-26)4-1-5-21)18-16(23-20(15)27)2-3-17(24-18)25-10-12-28-13-11-25/h2-3H,1,4-13H2,(H,23,27). The van der Waals surface area contributed by atoms with Crippen LogP contribution in [-0.2, 0) is 4.74 Å². The topological polar surface area (TPSA) is 85.2 Å². The number of morpholine rings is 1. The maximum absolute atomic E-state index is 12.5. The van der Waals surface area contributed by atoms with E-state index in [1.165, 1.54) is 19.3 Å². The molecule has 3 aliphatic rings. The Morgan fingerprint density at radius 1 is 1.07 bits per heavy atom. The van der Waals surface area contributed by atoms with Gasteiger partial charge in [0.2, 0.25) is 0 Å². The van der Waals surface area contributed by atoms with E-state index in [1.807, 2.05) is 12.1 Å². The highest BCUT2D eigenvalue weighted by Crippen LogP contribution is 2.49. The van der Waals surface area contributed by atoms with Crippen LogP contribution < -0.4 is 15.4 Å². The Morgan fingerprint density at radius 2 is 1.82 bits per heavy atom. The molecule has 2 aromatic rings. The molecular formula is C21H25N5O2. The van der Waals surface area contributed by atoms with Crippen LogP contribution in [-0.4, -0.2) is 49.4 Å². The maximum Gasteiger partial charge on any atom is 0.268 e. The second-order valence-corrected chi connectivity index (χ2v) is 8.30. The molecule has 4 heterocycles. The highest BCUT2D eigenvalue weighted by atomic mass is 16.5. The minimum Gasteiger partial charge on any atom is -0.378 e. The summed E-state index contributed by atoms with van der Waals surface area (Å²) in [6.07, 6.45) is 6.25. The number of ether oxygens (including phenoxy) is 1. The van der Waals surface area contributed by atoms with Crippen molar-refractivity contribution < 1.29 is 4.74 Å². The van der Waals surface area contributed by atoms with Crippen LogP contribution in [0.5, 0.6) is 0 Å². The van der Waals surface area contributed by atoms with Crippen molar-refractivity contribution in [2.24, 2.45) is 5.41 Å². The third-order valence-corrected chi connectivity index (χ3v) is 6.82. The first-order valence-electron chi connectivity index (χ1n) is 10.2. The van der Waals surface area contributed by atoms with Crippen LogP contribution in [0.3, 0.4) is 0 Å². The molecule has 0 bridgehead atoms. The van der Waals surface area contributed by atoms with Crippen molar-refractivity contribution in [3.05, 3.63) is 28.0 Å². The SMILES string of the molecule is N#Cc1c(N2CCC3(CCC3)CC2)c2nc(N3CCOCC3)ccc2[nH]c1=O. The van der Waals surface area contributed by atoms with Crippen molar-refractivity contribution >= 4 is 22.5 Å². The molecule has 7 nitrogen and oxygen atoms in total. The molecule has 2 aromatic heterocycles. The Kier molecular flexibility index (Phi) is 4.24. The van der Waals surface area contributed by atoms with Gasteiger partial charge in [-0.25, -0.2) is 4.98 Å². The molecule has 1 N–H and O–H groups in total. The van der Waals surface area contributed by atoms with Gasteiger partial charge in [0.15, 0.2) is 0 Å². The lowest BCUT2D eigenvalue weighted by atomic mass is 9.63. The monoisotopic (exact) mass is 379 g/mol. The van der Waals surface area contributed by atoms with Crippen molar-refractivity contribution in [1.29, 1.82) is 5.26 Å². The number of H-pyrrole nitrogens is 1. The van der Waals surface area contributed by atoms with Crippen LogP contribution in [0, 0.1) is 16.7 Å². The molecule has 28 heavy (non-hydrogen) atoms. The number of hydrogen-bond donors (Lipinski definition) is 1. The average molecular weight is 379 g/mol. The first-order chi connectivity index (χ1) is 13.7. The van der Waals surface area contributed by atoms with Gasteiger partial charge in [-0.2, -0.15) is 5.26 Å². The summed E-state index contributed by atoms with van der Waals surface area (Å²) in [5.41, 5.74) is 2.50. The lowest BCUT2D eigenvalue weighted by Gasteiger charge is -2.48. The van der Waals surface area contributed by atoms with E-state index < -0.39 is 0 Å². The number of aromatic nitrogens is 2. The highest BCUT2D eigenvalue weighted by Gasteiger charge is 2.40. The Bertz CT molecular complexity index is 988. The van der Waals surface area contributed by atoms with E-state index in [2.05, 4.69) is 20.9 Å². The van der Waals surface area contributed by atoms with Crippen LogP contribution in [0.15, 0.2) is 16.9 Å². The van der Waals surface area contributed by atoms with Gasteiger partial charge in [-0.3, -0.25) is 4.79 Å². The normalized spacial score (nSPS) is 21.5. The van der Waals surface area contributed by atoms with Gasteiger partial charge in [0, 0.05) is 26.2 Å². The molecule has 0 radical (unpaired) electrons. The predicted octanol–water partition coefficient (Wildman–Crippen LogP) is 2.40. The minimum atomic E-state index is -0.324. The molecule has 0 amide bonds. The summed E-state index contributed by atoms with van der Waals surface area (Å²) in [5, 5.41) is 9.72. The molecule has 7 heteroatoms. The van der Waals surface area contributed by atoms with Gasteiger partial charge in [0.1, 0.15) is 23.0 Å². The number of nitrogens with zero attached hydrogens (tertiary/aromatic N) is 4. The zero-order valence-corrected chi connectivity index (χ0v) is 16.0. The fraction of sp³-hybridized carbons (Fsp3) is 0.571. The molecule has 0 aromatic carbocycles. The quantitative estimate of drug-likeness (QED) is 0.862. The van der Waals surface area contributed by atoms with Gasteiger partial charge in [-0.15, -0.1) is 0 Å². The summed E-state index contributed by atoms with van der Waals surface area (Å²) < 4.78 is 5.45. The van der Waals surface area contributed by atoms with Gasteiger partial charge in [-0.05, 0) is 43.2 Å². The van der Waals surface area contributed by atoms with E-state index in [1.54, 1.807) is 0 Å². The molecule has 5 rings (SSSR count). The Labute approximate surface area is 163 Å². The van der Waals surface area contributed by atoms with E-state index in [-0.39, 0.29) is 11.1 Å². The zero-order chi connectivity index (χ0) is 19.1. The van der Waals surface area contributed by atoms with Gasteiger partial charge in [0.25, 0.3) is 5.56 Å². The van der Waals surface area contributed by atoms with Crippen molar-refractivity contribution in [1.82, 2.24) is 9.97 Å². The second kappa shape index (κ2) is 6.78. The molecule has 2 aliphatic heterocycles. The molecule has 1 spiro atoms. The second-order valence-electron chi connectivity index (χ2n) is 8.30. The smallest absolute Gasteiger partial charge is 0.268 e. The molecule has 146 valence electrons. The van der Waals surface area contributed by atoms with Crippen LogP contribution in [0.4, 0.5) is 11.5 Å². The third-order valence-electron chi connectivity index (χ3n) is 6.82. The lowest BCUT2D eigenvalue weighted by Crippen LogP contribution is -2.44. The maximum atomic E-state index is 12.5. The number of nitriles is 1. The number of aromatic amines is 1. The molecule has 0 atom stereocenters. The number of hydrogen-bond acceptors (Lipinski definition) is 6. The number of nitrogens with one attached hydrogen (secondary N) is 1. The number of pyridine rings is 2. The first-order valence-corrected chi connectivity index (χ1v) is 10.2. The molecular weight excluding hydrogens is 354 g/mol. The van der Waals surface area contributed by atoms with E-state index in [0.717, 1.165) is 50.4 Å². The summed E-state index contributed by atoms with van der Waals surface area (Å²) in [5.74, 6) is 0.875. The van der Waals surface area contributed by atoms with Crippen LogP contribution in [0.2, 0.25) is 0 Å². The average Bonchev–Trinajstić information content (AvgIpc) is 2.72. The summed E-state index contributed by atoms with van der Waals surface area (Å²) in [7, 11) is 0. The fourth-order valence-corrected chi connectivity index (χ4v) is 4.90. The van der Waals surface area contributed by atoms with Gasteiger partial charge < -0.3 is 19.5 Å². The number of piperidine rings is 1. The van der Waals surface area contributed by atoms with Gasteiger partial charge in [0.05, 0.1) is 24.4 Å². The highest BCUT2D eigenvalue weighted by molar-refractivity contribution is 5.92. The van der Waals surface area contributed by atoms with Crippen molar-refractivity contribution in [3.63, 3.8) is 0 Å². The van der Waals surface area contributed by atoms with Crippen LogP contribution >= 0.6 is 0 Å². The van der Waals surface area contributed by atoms with E-state index in [0.29, 0.717) is 29.8 Å².